The van der Waals surface area contributed by atoms with Crippen LogP contribution in [0.2, 0.25) is 0 Å². The molecule has 1 atom stereocenters. The molecule has 2 aliphatic carbocycles. The SMILES string of the molecule is NC(CO)CN(CC1CC1)C1CC1. The van der Waals surface area contributed by atoms with Crippen molar-refractivity contribution in [1.82, 2.24) is 4.90 Å². The molecule has 0 saturated heterocycles. The Kier molecular flexibility index (Phi) is 2.86. The molecule has 3 heteroatoms. The summed E-state index contributed by atoms with van der Waals surface area (Å²) in [4.78, 5) is 2.48. The Labute approximate surface area is 79.9 Å². The Balaban J connectivity index is 1.74. The van der Waals surface area contributed by atoms with Gasteiger partial charge in [-0.05, 0) is 31.6 Å². The molecular formula is C10H20N2O. The molecular weight excluding hydrogens is 164 g/mol. The van der Waals surface area contributed by atoms with Gasteiger partial charge in [0.25, 0.3) is 0 Å². The fourth-order valence-corrected chi connectivity index (χ4v) is 1.80. The van der Waals surface area contributed by atoms with E-state index in [1.807, 2.05) is 0 Å². The van der Waals surface area contributed by atoms with E-state index in [2.05, 4.69) is 4.90 Å². The van der Waals surface area contributed by atoms with Gasteiger partial charge in [0.2, 0.25) is 0 Å². The predicted octanol–water partition coefficient (Wildman–Crippen LogP) is 0.180. The van der Waals surface area contributed by atoms with Crippen LogP contribution in [0.25, 0.3) is 0 Å². The molecule has 0 aromatic rings. The third kappa shape index (κ3) is 2.93. The highest BCUT2D eigenvalue weighted by Crippen LogP contribution is 2.34. The summed E-state index contributed by atoms with van der Waals surface area (Å²) < 4.78 is 0. The smallest absolute Gasteiger partial charge is 0.0595 e. The lowest BCUT2D eigenvalue weighted by Crippen LogP contribution is -2.41. The first-order chi connectivity index (χ1) is 6.29. The van der Waals surface area contributed by atoms with E-state index < -0.39 is 0 Å². The fourth-order valence-electron chi connectivity index (χ4n) is 1.80. The average Bonchev–Trinajstić information content (AvgIpc) is 2.96. The summed E-state index contributed by atoms with van der Waals surface area (Å²) in [5.41, 5.74) is 5.74. The summed E-state index contributed by atoms with van der Waals surface area (Å²) >= 11 is 0. The molecule has 0 heterocycles. The van der Waals surface area contributed by atoms with Crippen molar-refractivity contribution in [1.29, 1.82) is 0 Å². The standard InChI is InChI=1S/C10H20N2O/c11-9(7-13)6-12(10-3-4-10)5-8-1-2-8/h8-10,13H,1-7,11H2. The van der Waals surface area contributed by atoms with E-state index in [4.69, 9.17) is 10.8 Å². The first-order valence-electron chi connectivity index (χ1n) is 5.40. The molecule has 0 aliphatic heterocycles. The third-order valence-electron chi connectivity index (χ3n) is 2.96. The van der Waals surface area contributed by atoms with Crippen molar-refractivity contribution >= 4 is 0 Å². The topological polar surface area (TPSA) is 49.5 Å². The van der Waals surface area contributed by atoms with Crippen LogP contribution in [0.3, 0.4) is 0 Å². The molecule has 0 amide bonds. The minimum atomic E-state index is -0.0423. The van der Waals surface area contributed by atoms with E-state index in [1.54, 1.807) is 0 Å². The quantitative estimate of drug-likeness (QED) is 0.619. The van der Waals surface area contributed by atoms with Gasteiger partial charge in [0.1, 0.15) is 0 Å². The molecule has 1 unspecified atom stereocenters. The predicted molar refractivity (Wildman–Crippen MR) is 52.4 cm³/mol. The first kappa shape index (κ1) is 9.44. The fraction of sp³-hybridized carbons (Fsp3) is 1.00. The summed E-state index contributed by atoms with van der Waals surface area (Å²) in [7, 11) is 0. The molecule has 0 bridgehead atoms. The largest absolute Gasteiger partial charge is 0.395 e. The van der Waals surface area contributed by atoms with Crippen molar-refractivity contribution < 1.29 is 5.11 Å². The van der Waals surface area contributed by atoms with E-state index >= 15 is 0 Å². The van der Waals surface area contributed by atoms with Gasteiger partial charge in [0, 0.05) is 25.2 Å². The van der Waals surface area contributed by atoms with Gasteiger partial charge >= 0.3 is 0 Å². The lowest BCUT2D eigenvalue weighted by Gasteiger charge is -2.24. The highest BCUT2D eigenvalue weighted by atomic mass is 16.3. The van der Waals surface area contributed by atoms with Crippen LogP contribution in [0.5, 0.6) is 0 Å². The molecule has 0 aromatic heterocycles. The second-order valence-corrected chi connectivity index (χ2v) is 4.57. The number of hydrogen-bond acceptors (Lipinski definition) is 3. The molecule has 3 nitrogen and oxygen atoms in total. The van der Waals surface area contributed by atoms with Crippen LogP contribution in [0.4, 0.5) is 0 Å². The molecule has 2 rings (SSSR count). The molecule has 0 radical (unpaired) electrons. The lowest BCUT2D eigenvalue weighted by atomic mass is 10.2. The first-order valence-corrected chi connectivity index (χ1v) is 5.40. The van der Waals surface area contributed by atoms with Gasteiger partial charge in [0.15, 0.2) is 0 Å². The second-order valence-electron chi connectivity index (χ2n) is 4.57. The molecule has 0 aromatic carbocycles. The summed E-state index contributed by atoms with van der Waals surface area (Å²) in [6, 6.07) is 0.748. The molecule has 2 fully saturated rings. The maximum Gasteiger partial charge on any atom is 0.0595 e. The summed E-state index contributed by atoms with van der Waals surface area (Å²) in [6.45, 7) is 2.23. The number of aliphatic hydroxyl groups is 1. The van der Waals surface area contributed by atoms with Crippen LogP contribution in [-0.2, 0) is 0 Å². The zero-order valence-electron chi connectivity index (χ0n) is 8.15. The Morgan fingerprint density at radius 1 is 1.31 bits per heavy atom. The molecule has 3 N–H and O–H groups in total. The number of nitrogens with two attached hydrogens (primary N) is 1. The minimum absolute atomic E-state index is 0.0423. The lowest BCUT2D eigenvalue weighted by molar-refractivity contribution is 0.190. The minimum Gasteiger partial charge on any atom is -0.395 e. The van der Waals surface area contributed by atoms with Crippen LogP contribution in [0, 0.1) is 5.92 Å². The van der Waals surface area contributed by atoms with E-state index in [9.17, 15) is 0 Å². The van der Waals surface area contributed by atoms with Crippen molar-refractivity contribution in [2.75, 3.05) is 19.7 Å². The number of rotatable bonds is 6. The Bertz CT molecular complexity index is 166. The Hall–Kier alpha value is -0.120. The highest BCUT2D eigenvalue weighted by molar-refractivity contribution is 4.89. The van der Waals surface area contributed by atoms with Crippen molar-refractivity contribution in [3.05, 3.63) is 0 Å². The average molecular weight is 184 g/mol. The van der Waals surface area contributed by atoms with Gasteiger partial charge in [-0.15, -0.1) is 0 Å². The van der Waals surface area contributed by atoms with Crippen molar-refractivity contribution in [3.8, 4) is 0 Å². The van der Waals surface area contributed by atoms with Crippen molar-refractivity contribution in [3.63, 3.8) is 0 Å². The summed E-state index contributed by atoms with van der Waals surface area (Å²) in [5.74, 6) is 0.937. The van der Waals surface area contributed by atoms with Crippen LogP contribution >= 0.6 is 0 Å². The maximum absolute atomic E-state index is 8.88. The maximum atomic E-state index is 8.88. The Morgan fingerprint density at radius 2 is 2.00 bits per heavy atom. The van der Waals surface area contributed by atoms with Crippen LogP contribution in [0.1, 0.15) is 25.7 Å². The zero-order valence-corrected chi connectivity index (χ0v) is 8.15. The highest BCUT2D eigenvalue weighted by Gasteiger charge is 2.33. The van der Waals surface area contributed by atoms with Gasteiger partial charge < -0.3 is 10.8 Å². The Morgan fingerprint density at radius 3 is 2.46 bits per heavy atom. The summed E-state index contributed by atoms with van der Waals surface area (Å²) in [6.07, 6.45) is 5.48. The van der Waals surface area contributed by atoms with Crippen molar-refractivity contribution in [2.24, 2.45) is 11.7 Å². The normalized spacial score (nSPS) is 25.2. The third-order valence-corrected chi connectivity index (χ3v) is 2.96. The van der Waals surface area contributed by atoms with Gasteiger partial charge in [-0.3, -0.25) is 4.90 Å². The second kappa shape index (κ2) is 3.95. The van der Waals surface area contributed by atoms with Gasteiger partial charge in [-0.2, -0.15) is 0 Å². The number of hydrogen-bond donors (Lipinski definition) is 2. The van der Waals surface area contributed by atoms with Gasteiger partial charge in [0.05, 0.1) is 6.61 Å². The summed E-state index contributed by atoms with van der Waals surface area (Å²) in [5, 5.41) is 8.88. The van der Waals surface area contributed by atoms with Gasteiger partial charge in [-0.1, -0.05) is 0 Å². The van der Waals surface area contributed by atoms with Crippen molar-refractivity contribution in [2.45, 2.75) is 37.8 Å². The van der Waals surface area contributed by atoms with E-state index in [0.29, 0.717) is 0 Å². The zero-order chi connectivity index (χ0) is 9.26. The molecule has 2 aliphatic rings. The van der Waals surface area contributed by atoms with E-state index in [1.165, 1.54) is 32.2 Å². The van der Waals surface area contributed by atoms with Gasteiger partial charge in [-0.25, -0.2) is 0 Å². The molecule has 76 valence electrons. The van der Waals surface area contributed by atoms with Crippen LogP contribution in [0.15, 0.2) is 0 Å². The molecule has 2 saturated carbocycles. The van der Waals surface area contributed by atoms with E-state index in [0.717, 1.165) is 18.5 Å². The number of aliphatic hydroxyl groups excluding tert-OH is 1. The number of nitrogens with zero attached hydrogens (tertiary/aromatic N) is 1. The van der Waals surface area contributed by atoms with Crippen LogP contribution in [-0.4, -0.2) is 41.8 Å². The van der Waals surface area contributed by atoms with E-state index in [-0.39, 0.29) is 12.6 Å². The molecule has 13 heavy (non-hydrogen) atoms. The van der Waals surface area contributed by atoms with Crippen LogP contribution < -0.4 is 5.73 Å². The monoisotopic (exact) mass is 184 g/mol. The molecule has 0 spiro atoms.